The molecule has 5 rings (SSSR count). The van der Waals surface area contributed by atoms with Crippen LogP contribution < -0.4 is 10.1 Å². The first-order chi connectivity index (χ1) is 15.1. The average Bonchev–Trinajstić information content (AvgIpc) is 3.19. The van der Waals surface area contributed by atoms with E-state index in [1.54, 1.807) is 29.8 Å². The van der Waals surface area contributed by atoms with Crippen molar-refractivity contribution in [2.45, 2.75) is 30.6 Å². The van der Waals surface area contributed by atoms with Crippen molar-refractivity contribution in [3.05, 3.63) is 35.0 Å². The number of aryl methyl sites for hydroxylation is 2. The smallest absolute Gasteiger partial charge is 0.246 e. The van der Waals surface area contributed by atoms with Crippen LogP contribution in [0.3, 0.4) is 0 Å². The third-order valence-corrected chi connectivity index (χ3v) is 8.89. The summed E-state index contributed by atoms with van der Waals surface area (Å²) in [6.07, 6.45) is 6.04. The molecule has 3 aromatic rings. The Labute approximate surface area is 185 Å². The Morgan fingerprint density at radius 2 is 1.97 bits per heavy atom. The highest BCUT2D eigenvalue weighted by atomic mass is 32.2. The summed E-state index contributed by atoms with van der Waals surface area (Å²) in [4.78, 5) is 11.4. The number of nitrogens with one attached hydrogen (secondary N) is 1. The number of anilines is 2. The Hall–Kier alpha value is -2.27. The van der Waals surface area contributed by atoms with Crippen LogP contribution in [-0.4, -0.2) is 56.1 Å². The number of benzene rings is 1. The molecule has 0 bridgehead atoms. The monoisotopic (exact) mass is 460 g/mol. The number of aromatic nitrogens is 2. The molecular formula is C21H24N4O4S2. The molecule has 1 aromatic carbocycles. The molecule has 1 saturated heterocycles. The molecular weight excluding hydrogens is 436 g/mol. The van der Waals surface area contributed by atoms with Crippen molar-refractivity contribution in [3.8, 4) is 5.75 Å². The maximum absolute atomic E-state index is 13.3. The number of methoxy groups -OCH3 is 1. The van der Waals surface area contributed by atoms with Crippen LogP contribution in [0, 0.1) is 0 Å². The highest BCUT2D eigenvalue weighted by Gasteiger charge is 2.30. The van der Waals surface area contributed by atoms with Crippen molar-refractivity contribution in [3.63, 3.8) is 0 Å². The second-order valence-corrected chi connectivity index (χ2v) is 10.6. The predicted molar refractivity (Wildman–Crippen MR) is 120 cm³/mol. The normalized spacial score (nSPS) is 17.5. The summed E-state index contributed by atoms with van der Waals surface area (Å²) in [7, 11) is -2.23. The third kappa shape index (κ3) is 3.78. The van der Waals surface area contributed by atoms with Gasteiger partial charge in [0.05, 0.1) is 25.7 Å². The van der Waals surface area contributed by atoms with E-state index in [1.165, 1.54) is 28.3 Å². The molecule has 2 aromatic heterocycles. The van der Waals surface area contributed by atoms with Crippen LogP contribution in [0.4, 0.5) is 11.5 Å². The molecule has 8 nitrogen and oxygen atoms in total. The zero-order valence-electron chi connectivity index (χ0n) is 17.3. The number of hydrogen-bond acceptors (Lipinski definition) is 8. The summed E-state index contributed by atoms with van der Waals surface area (Å²) in [5, 5.41) is 4.39. The van der Waals surface area contributed by atoms with Crippen molar-refractivity contribution >= 4 is 43.1 Å². The molecule has 0 spiro atoms. The summed E-state index contributed by atoms with van der Waals surface area (Å²) in [5.74, 6) is 1.03. The average molecular weight is 461 g/mol. The fraction of sp³-hybridized carbons (Fsp3) is 0.429. The van der Waals surface area contributed by atoms with E-state index < -0.39 is 10.0 Å². The first kappa shape index (κ1) is 20.6. The van der Waals surface area contributed by atoms with E-state index >= 15 is 0 Å². The van der Waals surface area contributed by atoms with Crippen molar-refractivity contribution in [2.24, 2.45) is 0 Å². The standard InChI is InChI=1S/C21H24N4O4S2/c1-28-16-7-6-14(12-18(16)31(26,27)25-8-10-29-11-9-25)24-20-19-15-4-2-3-5-17(15)30-21(19)23-13-22-20/h6-7,12-13H,2-5,8-11H2,1H3,(H,22,23,24). The van der Waals surface area contributed by atoms with Gasteiger partial charge in [-0.25, -0.2) is 18.4 Å². The van der Waals surface area contributed by atoms with Crippen LogP contribution in [0.5, 0.6) is 5.75 Å². The zero-order chi connectivity index (χ0) is 21.4. The van der Waals surface area contributed by atoms with E-state index in [0.717, 1.165) is 29.5 Å². The first-order valence-corrected chi connectivity index (χ1v) is 12.6. The summed E-state index contributed by atoms with van der Waals surface area (Å²) in [6.45, 7) is 1.44. The largest absolute Gasteiger partial charge is 0.495 e. The van der Waals surface area contributed by atoms with Gasteiger partial charge in [-0.1, -0.05) is 0 Å². The molecule has 2 aliphatic rings. The lowest BCUT2D eigenvalue weighted by atomic mass is 9.97. The van der Waals surface area contributed by atoms with Gasteiger partial charge in [-0.3, -0.25) is 0 Å². The summed E-state index contributed by atoms with van der Waals surface area (Å²) < 4.78 is 38.7. The second kappa shape index (κ2) is 8.34. The molecule has 1 aliphatic heterocycles. The molecule has 0 unspecified atom stereocenters. The quantitative estimate of drug-likeness (QED) is 0.624. The van der Waals surface area contributed by atoms with E-state index in [0.29, 0.717) is 43.6 Å². The summed E-state index contributed by atoms with van der Waals surface area (Å²) in [6, 6.07) is 5.11. The molecule has 0 atom stereocenters. The molecule has 164 valence electrons. The fourth-order valence-electron chi connectivity index (χ4n) is 4.20. The van der Waals surface area contributed by atoms with E-state index in [4.69, 9.17) is 9.47 Å². The van der Waals surface area contributed by atoms with Crippen LogP contribution in [0.25, 0.3) is 10.2 Å². The highest BCUT2D eigenvalue weighted by molar-refractivity contribution is 7.89. The Morgan fingerprint density at radius 1 is 1.16 bits per heavy atom. The van der Waals surface area contributed by atoms with Gasteiger partial charge in [-0.2, -0.15) is 4.31 Å². The molecule has 31 heavy (non-hydrogen) atoms. The van der Waals surface area contributed by atoms with Gasteiger partial charge in [0, 0.05) is 23.7 Å². The molecule has 1 aliphatic carbocycles. The Kier molecular flexibility index (Phi) is 5.55. The topological polar surface area (TPSA) is 93.7 Å². The lowest BCUT2D eigenvalue weighted by Gasteiger charge is -2.27. The van der Waals surface area contributed by atoms with Gasteiger partial charge in [-0.05, 0) is 49.4 Å². The number of hydrogen-bond donors (Lipinski definition) is 1. The lowest BCUT2D eigenvalue weighted by Crippen LogP contribution is -2.40. The number of fused-ring (bicyclic) bond motifs is 3. The number of morpholine rings is 1. The third-order valence-electron chi connectivity index (χ3n) is 5.77. The SMILES string of the molecule is COc1ccc(Nc2ncnc3sc4c(c23)CCCC4)cc1S(=O)(=O)N1CCOCC1. The number of nitrogens with zero attached hydrogens (tertiary/aromatic N) is 3. The first-order valence-electron chi connectivity index (χ1n) is 10.4. The number of thiophene rings is 1. The van der Waals surface area contributed by atoms with Crippen LogP contribution >= 0.6 is 11.3 Å². The van der Waals surface area contributed by atoms with E-state index in [-0.39, 0.29) is 4.90 Å². The van der Waals surface area contributed by atoms with Crippen molar-refractivity contribution in [1.29, 1.82) is 0 Å². The van der Waals surface area contributed by atoms with Gasteiger partial charge in [-0.15, -0.1) is 11.3 Å². The van der Waals surface area contributed by atoms with Crippen molar-refractivity contribution in [2.75, 3.05) is 38.7 Å². The van der Waals surface area contributed by atoms with Crippen LogP contribution in [-0.2, 0) is 27.6 Å². The molecule has 0 saturated carbocycles. The maximum Gasteiger partial charge on any atom is 0.246 e. The molecule has 10 heteroatoms. The fourth-order valence-corrected chi connectivity index (χ4v) is 7.02. The summed E-state index contributed by atoms with van der Waals surface area (Å²) >= 11 is 1.73. The van der Waals surface area contributed by atoms with Crippen LogP contribution in [0.2, 0.25) is 0 Å². The van der Waals surface area contributed by atoms with Gasteiger partial charge in [0.1, 0.15) is 27.6 Å². The minimum atomic E-state index is -3.71. The number of ether oxygens (including phenoxy) is 2. The Morgan fingerprint density at radius 3 is 2.77 bits per heavy atom. The summed E-state index contributed by atoms with van der Waals surface area (Å²) in [5.41, 5.74) is 1.97. The van der Waals surface area contributed by atoms with Gasteiger partial charge in [0.25, 0.3) is 0 Å². The number of rotatable bonds is 5. The minimum absolute atomic E-state index is 0.138. The molecule has 1 N–H and O–H groups in total. The van der Waals surface area contributed by atoms with Crippen molar-refractivity contribution < 1.29 is 17.9 Å². The number of sulfonamides is 1. The predicted octanol–water partition coefficient (Wildman–Crippen LogP) is 3.34. The maximum atomic E-state index is 13.3. The molecule has 3 heterocycles. The zero-order valence-corrected chi connectivity index (χ0v) is 18.9. The van der Waals surface area contributed by atoms with Gasteiger partial charge < -0.3 is 14.8 Å². The van der Waals surface area contributed by atoms with Gasteiger partial charge in [0.2, 0.25) is 10.0 Å². The molecule has 1 fully saturated rings. The molecule has 0 amide bonds. The minimum Gasteiger partial charge on any atom is -0.495 e. The van der Waals surface area contributed by atoms with Crippen molar-refractivity contribution in [1.82, 2.24) is 14.3 Å². The lowest BCUT2D eigenvalue weighted by molar-refractivity contribution is 0.0729. The van der Waals surface area contributed by atoms with E-state index in [2.05, 4.69) is 15.3 Å². The van der Waals surface area contributed by atoms with Crippen LogP contribution in [0.1, 0.15) is 23.3 Å². The van der Waals surface area contributed by atoms with Crippen LogP contribution in [0.15, 0.2) is 29.4 Å². The molecule has 0 radical (unpaired) electrons. The Bertz CT molecular complexity index is 1220. The van der Waals surface area contributed by atoms with E-state index in [1.807, 2.05) is 6.07 Å². The Balaban J connectivity index is 1.54. The highest BCUT2D eigenvalue weighted by Crippen LogP contribution is 2.39. The second-order valence-electron chi connectivity index (χ2n) is 7.62. The van der Waals surface area contributed by atoms with Gasteiger partial charge in [0.15, 0.2) is 0 Å². The van der Waals surface area contributed by atoms with E-state index in [9.17, 15) is 8.42 Å². The van der Waals surface area contributed by atoms with Gasteiger partial charge >= 0.3 is 0 Å².